The number of Topliss-reactive ketones (excluding diaryl/α,β-unsaturated/α-hetero) is 1. The first-order chi connectivity index (χ1) is 9.90. The summed E-state index contributed by atoms with van der Waals surface area (Å²) in [5.41, 5.74) is -0.564. The number of hydrogen-bond acceptors (Lipinski definition) is 5. The van der Waals surface area contributed by atoms with E-state index in [1.807, 2.05) is 0 Å². The van der Waals surface area contributed by atoms with Crippen molar-refractivity contribution in [1.29, 1.82) is 0 Å². The molecule has 0 saturated heterocycles. The summed E-state index contributed by atoms with van der Waals surface area (Å²) in [7, 11) is 3.25. The minimum Gasteiger partial charge on any atom is -0.483 e. The first-order valence-corrected chi connectivity index (χ1v) is 7.65. The van der Waals surface area contributed by atoms with Crippen molar-refractivity contribution < 1.29 is 14.3 Å². The van der Waals surface area contributed by atoms with E-state index >= 15 is 0 Å². The Morgan fingerprint density at radius 3 is 2.38 bits per heavy atom. The summed E-state index contributed by atoms with van der Waals surface area (Å²) in [4.78, 5) is 21.0. The van der Waals surface area contributed by atoms with Crippen molar-refractivity contribution in [3.63, 3.8) is 0 Å². The molecule has 1 heterocycles. The Balaban J connectivity index is 3.21. The van der Waals surface area contributed by atoms with E-state index < -0.39 is 5.54 Å². The smallest absolute Gasteiger partial charge is 0.212 e. The van der Waals surface area contributed by atoms with Gasteiger partial charge in [0.2, 0.25) is 11.8 Å². The van der Waals surface area contributed by atoms with Gasteiger partial charge in [0.1, 0.15) is 17.4 Å². The molecule has 0 fully saturated rings. The van der Waals surface area contributed by atoms with Gasteiger partial charge < -0.3 is 14.3 Å². The SMILES string of the molecule is CCC[C@@]1(CCC(C)=O)N=C(OC)[C@@H](C(C)C)N=C1OC. The van der Waals surface area contributed by atoms with E-state index in [0.717, 1.165) is 12.8 Å². The Hall–Kier alpha value is -1.39. The largest absolute Gasteiger partial charge is 0.483 e. The standard InChI is InChI=1S/C16H28N2O3/c1-7-9-16(10-8-12(4)19)15(21-6)17-13(11(2)3)14(18-16)20-5/h11,13H,7-10H2,1-6H3/t13-,16+/m1/s1. The molecule has 0 aromatic rings. The molecule has 5 nitrogen and oxygen atoms in total. The highest BCUT2D eigenvalue weighted by molar-refractivity contribution is 5.97. The van der Waals surface area contributed by atoms with Crippen LogP contribution >= 0.6 is 0 Å². The summed E-state index contributed by atoms with van der Waals surface area (Å²) >= 11 is 0. The highest BCUT2D eigenvalue weighted by atomic mass is 16.5. The van der Waals surface area contributed by atoms with E-state index in [9.17, 15) is 4.79 Å². The van der Waals surface area contributed by atoms with Crippen LogP contribution in [0.5, 0.6) is 0 Å². The van der Waals surface area contributed by atoms with Crippen LogP contribution in [0.1, 0.15) is 53.4 Å². The van der Waals surface area contributed by atoms with E-state index in [2.05, 4.69) is 20.8 Å². The zero-order chi connectivity index (χ0) is 16.0. The van der Waals surface area contributed by atoms with Crippen molar-refractivity contribution in [3.05, 3.63) is 0 Å². The summed E-state index contributed by atoms with van der Waals surface area (Å²) in [6, 6.07) is -0.118. The number of nitrogens with zero attached hydrogens (tertiary/aromatic N) is 2. The normalized spacial score (nSPS) is 25.4. The lowest BCUT2D eigenvalue weighted by Gasteiger charge is -2.36. The van der Waals surface area contributed by atoms with Gasteiger partial charge in [-0.3, -0.25) is 0 Å². The van der Waals surface area contributed by atoms with Crippen LogP contribution in [-0.2, 0) is 14.3 Å². The Morgan fingerprint density at radius 2 is 1.95 bits per heavy atom. The summed E-state index contributed by atoms with van der Waals surface area (Å²) in [5.74, 6) is 1.70. The van der Waals surface area contributed by atoms with Crippen molar-refractivity contribution in [3.8, 4) is 0 Å². The van der Waals surface area contributed by atoms with Gasteiger partial charge in [-0.05, 0) is 25.7 Å². The molecule has 1 aliphatic heterocycles. The second kappa shape index (κ2) is 7.57. The van der Waals surface area contributed by atoms with Gasteiger partial charge in [0.25, 0.3) is 0 Å². The van der Waals surface area contributed by atoms with Crippen LogP contribution < -0.4 is 0 Å². The molecule has 120 valence electrons. The van der Waals surface area contributed by atoms with Gasteiger partial charge in [0.05, 0.1) is 14.2 Å². The van der Waals surface area contributed by atoms with E-state index in [4.69, 9.17) is 19.5 Å². The van der Waals surface area contributed by atoms with Crippen molar-refractivity contribution in [2.45, 2.75) is 65.0 Å². The highest BCUT2D eigenvalue weighted by Crippen LogP contribution is 2.32. The Bertz CT molecular complexity index is 429. The molecule has 0 spiro atoms. The lowest BCUT2D eigenvalue weighted by Crippen LogP contribution is -2.46. The second-order valence-corrected chi connectivity index (χ2v) is 5.96. The van der Waals surface area contributed by atoms with Gasteiger partial charge >= 0.3 is 0 Å². The summed E-state index contributed by atoms with van der Waals surface area (Å²) in [5, 5.41) is 0. The molecule has 0 aliphatic carbocycles. The monoisotopic (exact) mass is 296 g/mol. The number of aliphatic imine (C=N–C) groups is 2. The highest BCUT2D eigenvalue weighted by Gasteiger charge is 2.42. The van der Waals surface area contributed by atoms with Crippen LogP contribution in [0.2, 0.25) is 0 Å². The van der Waals surface area contributed by atoms with Crippen molar-refractivity contribution in [2.24, 2.45) is 15.9 Å². The Kier molecular flexibility index (Phi) is 6.37. The van der Waals surface area contributed by atoms with Crippen LogP contribution in [0.25, 0.3) is 0 Å². The van der Waals surface area contributed by atoms with Crippen molar-refractivity contribution in [1.82, 2.24) is 0 Å². The van der Waals surface area contributed by atoms with Crippen LogP contribution in [0, 0.1) is 5.92 Å². The predicted molar refractivity (Wildman–Crippen MR) is 85.1 cm³/mol. The van der Waals surface area contributed by atoms with E-state index in [-0.39, 0.29) is 17.7 Å². The third-order valence-corrected chi connectivity index (χ3v) is 3.82. The zero-order valence-corrected chi connectivity index (χ0v) is 14.1. The molecule has 1 aliphatic rings. The zero-order valence-electron chi connectivity index (χ0n) is 14.1. The quantitative estimate of drug-likeness (QED) is 0.757. The summed E-state index contributed by atoms with van der Waals surface area (Å²) < 4.78 is 11.0. The molecular weight excluding hydrogens is 268 g/mol. The number of methoxy groups -OCH3 is 2. The van der Waals surface area contributed by atoms with Crippen LogP contribution in [0.15, 0.2) is 9.98 Å². The molecule has 0 radical (unpaired) electrons. The van der Waals surface area contributed by atoms with Gasteiger partial charge in [-0.1, -0.05) is 27.2 Å². The molecule has 0 aromatic carbocycles. The van der Waals surface area contributed by atoms with Crippen LogP contribution in [0.3, 0.4) is 0 Å². The fourth-order valence-electron chi connectivity index (χ4n) is 2.72. The fourth-order valence-corrected chi connectivity index (χ4v) is 2.72. The van der Waals surface area contributed by atoms with Crippen molar-refractivity contribution >= 4 is 17.6 Å². The van der Waals surface area contributed by atoms with Crippen molar-refractivity contribution in [2.75, 3.05) is 14.2 Å². The minimum absolute atomic E-state index is 0.118. The fraction of sp³-hybridized carbons (Fsp3) is 0.812. The molecule has 0 aromatic heterocycles. The Labute approximate surface area is 127 Å². The number of hydrogen-bond donors (Lipinski definition) is 0. The number of ketones is 1. The molecule has 21 heavy (non-hydrogen) atoms. The molecule has 0 N–H and O–H groups in total. The molecule has 0 bridgehead atoms. The van der Waals surface area contributed by atoms with E-state index in [1.165, 1.54) is 0 Å². The maximum absolute atomic E-state index is 11.4. The van der Waals surface area contributed by atoms with Gasteiger partial charge in [-0.2, -0.15) is 0 Å². The lowest BCUT2D eigenvalue weighted by molar-refractivity contribution is -0.117. The maximum Gasteiger partial charge on any atom is 0.212 e. The average molecular weight is 296 g/mol. The van der Waals surface area contributed by atoms with Gasteiger partial charge in [-0.15, -0.1) is 0 Å². The number of carbonyl (C=O) groups excluding carboxylic acids is 1. The van der Waals surface area contributed by atoms with Gasteiger partial charge in [-0.25, -0.2) is 9.98 Å². The third kappa shape index (κ3) is 4.05. The van der Waals surface area contributed by atoms with E-state index in [1.54, 1.807) is 21.1 Å². The molecule has 5 heteroatoms. The van der Waals surface area contributed by atoms with E-state index in [0.29, 0.717) is 24.6 Å². The summed E-state index contributed by atoms with van der Waals surface area (Å²) in [6.07, 6.45) is 2.81. The minimum atomic E-state index is -0.564. The predicted octanol–water partition coefficient (Wildman–Crippen LogP) is 3.02. The summed E-state index contributed by atoms with van der Waals surface area (Å²) in [6.45, 7) is 7.86. The molecule has 0 unspecified atom stereocenters. The first kappa shape index (κ1) is 17.7. The third-order valence-electron chi connectivity index (χ3n) is 3.82. The van der Waals surface area contributed by atoms with Crippen LogP contribution in [0.4, 0.5) is 0 Å². The van der Waals surface area contributed by atoms with Crippen LogP contribution in [-0.4, -0.2) is 43.4 Å². The Morgan fingerprint density at radius 1 is 1.29 bits per heavy atom. The van der Waals surface area contributed by atoms with Gasteiger partial charge in [0.15, 0.2) is 0 Å². The average Bonchev–Trinajstić information content (AvgIpc) is 2.44. The molecule has 2 atom stereocenters. The number of rotatable bonds is 6. The molecule has 0 saturated carbocycles. The topological polar surface area (TPSA) is 60.2 Å². The lowest BCUT2D eigenvalue weighted by atomic mass is 9.86. The first-order valence-electron chi connectivity index (χ1n) is 7.65. The second-order valence-electron chi connectivity index (χ2n) is 5.96. The molecule has 1 rings (SSSR count). The number of ether oxygens (including phenoxy) is 2. The molecule has 0 amide bonds. The number of carbonyl (C=O) groups is 1. The molecular formula is C16H28N2O3. The maximum atomic E-state index is 11.4. The van der Waals surface area contributed by atoms with Gasteiger partial charge in [0, 0.05) is 6.42 Å².